The summed E-state index contributed by atoms with van der Waals surface area (Å²) in [4.78, 5) is 0. The zero-order valence-electron chi connectivity index (χ0n) is 11.3. The molecule has 0 bridgehead atoms. The van der Waals surface area contributed by atoms with Gasteiger partial charge >= 0.3 is 0 Å². The van der Waals surface area contributed by atoms with Crippen molar-refractivity contribution in [1.82, 2.24) is 14.3 Å². The fourth-order valence-corrected chi connectivity index (χ4v) is 3.45. The molecule has 0 aliphatic carbocycles. The molecule has 0 radical (unpaired) electrons. The second-order valence-electron chi connectivity index (χ2n) is 4.63. The second-order valence-corrected chi connectivity index (χ2v) is 6.39. The first kappa shape index (κ1) is 18.1. The van der Waals surface area contributed by atoms with Gasteiger partial charge in [-0.05, 0) is 45.2 Å². The van der Waals surface area contributed by atoms with Crippen LogP contribution < -0.4 is 10.0 Å². The molecule has 1 fully saturated rings. The Morgan fingerprint density at radius 3 is 2.33 bits per heavy atom. The van der Waals surface area contributed by atoms with E-state index >= 15 is 0 Å². The smallest absolute Gasteiger partial charge is 0.279 e. The predicted octanol–water partition coefficient (Wildman–Crippen LogP) is 0.974. The molecule has 1 aliphatic heterocycles. The molecular formula is C11H26ClN3O2S. The molecule has 1 heterocycles. The third-order valence-corrected chi connectivity index (χ3v) is 4.86. The molecule has 0 aromatic rings. The Balaban J connectivity index is 0.00000289. The maximum atomic E-state index is 11.9. The number of piperidine rings is 1. The van der Waals surface area contributed by atoms with Crippen LogP contribution in [0.4, 0.5) is 0 Å². The van der Waals surface area contributed by atoms with Gasteiger partial charge in [-0.3, -0.25) is 0 Å². The summed E-state index contributed by atoms with van der Waals surface area (Å²) in [5, 5.41) is 3.14. The number of rotatable bonds is 7. The Hall–Kier alpha value is 0.120. The molecule has 18 heavy (non-hydrogen) atoms. The van der Waals surface area contributed by atoms with Crippen LogP contribution in [0, 0.1) is 5.92 Å². The van der Waals surface area contributed by atoms with Crippen molar-refractivity contribution in [1.29, 1.82) is 0 Å². The minimum atomic E-state index is -3.22. The minimum Gasteiger partial charge on any atom is -0.320 e. The summed E-state index contributed by atoms with van der Waals surface area (Å²) in [6, 6.07) is 0. The van der Waals surface area contributed by atoms with Gasteiger partial charge < -0.3 is 5.32 Å². The highest BCUT2D eigenvalue weighted by Gasteiger charge is 2.26. The third-order valence-electron chi connectivity index (χ3n) is 3.25. The molecule has 0 aromatic heterocycles. The Kier molecular flexibility index (Phi) is 9.15. The van der Waals surface area contributed by atoms with Crippen LogP contribution in [-0.2, 0) is 10.2 Å². The van der Waals surface area contributed by atoms with Crippen LogP contribution in [0.5, 0.6) is 0 Å². The van der Waals surface area contributed by atoms with Crippen LogP contribution in [-0.4, -0.2) is 45.9 Å². The average molecular weight is 300 g/mol. The van der Waals surface area contributed by atoms with E-state index in [0.717, 1.165) is 32.2 Å². The van der Waals surface area contributed by atoms with Gasteiger partial charge in [-0.15, -0.1) is 12.4 Å². The number of hydrogen-bond donors (Lipinski definition) is 2. The summed E-state index contributed by atoms with van der Waals surface area (Å²) >= 11 is 0. The quantitative estimate of drug-likeness (QED) is 0.736. The third kappa shape index (κ3) is 5.84. The summed E-state index contributed by atoms with van der Waals surface area (Å²) in [6.45, 7) is 4.83. The lowest BCUT2D eigenvalue weighted by atomic mass is 9.95. The second kappa shape index (κ2) is 9.09. The summed E-state index contributed by atoms with van der Waals surface area (Å²) in [7, 11) is -1.27. The number of halogens is 1. The predicted molar refractivity (Wildman–Crippen MR) is 77.3 cm³/mol. The average Bonchev–Trinajstić information content (AvgIpc) is 2.34. The molecule has 1 rings (SSSR count). The van der Waals surface area contributed by atoms with Crippen molar-refractivity contribution >= 4 is 22.6 Å². The molecule has 1 saturated heterocycles. The van der Waals surface area contributed by atoms with E-state index in [0.29, 0.717) is 25.6 Å². The fraction of sp³-hybridized carbons (Fsp3) is 1.00. The lowest BCUT2D eigenvalue weighted by Gasteiger charge is -2.31. The number of nitrogens with one attached hydrogen (secondary N) is 2. The van der Waals surface area contributed by atoms with Crippen molar-refractivity contribution in [3.63, 3.8) is 0 Å². The Morgan fingerprint density at radius 1 is 1.22 bits per heavy atom. The highest BCUT2D eigenvalue weighted by atomic mass is 35.5. The molecule has 110 valence electrons. The topological polar surface area (TPSA) is 61.4 Å². The van der Waals surface area contributed by atoms with Crippen LogP contribution in [0.1, 0.15) is 32.6 Å². The van der Waals surface area contributed by atoms with Gasteiger partial charge in [-0.1, -0.05) is 6.92 Å². The Bertz CT molecular complexity index is 303. The highest BCUT2D eigenvalue weighted by Crippen LogP contribution is 2.21. The van der Waals surface area contributed by atoms with Crippen molar-refractivity contribution in [2.24, 2.45) is 5.92 Å². The van der Waals surface area contributed by atoms with E-state index in [2.05, 4.69) is 10.0 Å². The maximum absolute atomic E-state index is 11.9. The number of nitrogens with zero attached hydrogens (tertiary/aromatic N) is 1. The molecule has 7 heteroatoms. The standard InChI is InChI=1S/C11H25N3O2S.ClH/c1-3-7-13-17(15,16)14-9-5-11(6-10-14)4-8-12-2;/h11-13H,3-10H2,1-2H3;1H. The van der Waals surface area contributed by atoms with Crippen molar-refractivity contribution in [2.45, 2.75) is 32.6 Å². The van der Waals surface area contributed by atoms with E-state index in [9.17, 15) is 8.42 Å². The Labute approximate surface area is 117 Å². The van der Waals surface area contributed by atoms with Gasteiger partial charge in [0.25, 0.3) is 10.2 Å². The minimum absolute atomic E-state index is 0. The van der Waals surface area contributed by atoms with E-state index in [1.807, 2.05) is 14.0 Å². The largest absolute Gasteiger partial charge is 0.320 e. The first-order chi connectivity index (χ1) is 8.10. The fourth-order valence-electron chi connectivity index (χ4n) is 2.11. The van der Waals surface area contributed by atoms with Gasteiger partial charge in [0, 0.05) is 19.6 Å². The monoisotopic (exact) mass is 299 g/mol. The van der Waals surface area contributed by atoms with E-state index in [4.69, 9.17) is 0 Å². The first-order valence-electron chi connectivity index (χ1n) is 6.49. The molecule has 0 saturated carbocycles. The molecule has 0 amide bonds. The van der Waals surface area contributed by atoms with Gasteiger partial charge in [-0.25, -0.2) is 4.72 Å². The molecule has 0 unspecified atom stereocenters. The van der Waals surface area contributed by atoms with E-state index in [1.54, 1.807) is 4.31 Å². The number of hydrogen-bond acceptors (Lipinski definition) is 3. The summed E-state index contributed by atoms with van der Waals surface area (Å²) in [5.41, 5.74) is 0. The Morgan fingerprint density at radius 2 is 1.83 bits per heavy atom. The summed E-state index contributed by atoms with van der Waals surface area (Å²) in [5.74, 6) is 0.667. The van der Waals surface area contributed by atoms with Crippen molar-refractivity contribution in [3.05, 3.63) is 0 Å². The first-order valence-corrected chi connectivity index (χ1v) is 7.93. The van der Waals surface area contributed by atoms with Gasteiger partial charge in [0.2, 0.25) is 0 Å². The molecule has 5 nitrogen and oxygen atoms in total. The molecule has 0 atom stereocenters. The van der Waals surface area contributed by atoms with Crippen LogP contribution >= 0.6 is 12.4 Å². The van der Waals surface area contributed by atoms with Crippen LogP contribution in [0.25, 0.3) is 0 Å². The van der Waals surface area contributed by atoms with Crippen LogP contribution in [0.3, 0.4) is 0 Å². The van der Waals surface area contributed by atoms with Crippen LogP contribution in [0.15, 0.2) is 0 Å². The van der Waals surface area contributed by atoms with Gasteiger partial charge in [-0.2, -0.15) is 12.7 Å². The van der Waals surface area contributed by atoms with Gasteiger partial charge in [0.05, 0.1) is 0 Å². The lowest BCUT2D eigenvalue weighted by molar-refractivity contribution is 0.261. The van der Waals surface area contributed by atoms with Gasteiger partial charge in [0.15, 0.2) is 0 Å². The SMILES string of the molecule is CCCNS(=O)(=O)N1CCC(CCNC)CC1.Cl. The molecule has 2 N–H and O–H groups in total. The lowest BCUT2D eigenvalue weighted by Crippen LogP contribution is -2.45. The van der Waals surface area contributed by atoms with Crippen molar-refractivity contribution < 1.29 is 8.42 Å². The van der Waals surface area contributed by atoms with Crippen molar-refractivity contribution in [2.75, 3.05) is 33.2 Å². The van der Waals surface area contributed by atoms with E-state index in [-0.39, 0.29) is 12.4 Å². The highest BCUT2D eigenvalue weighted by molar-refractivity contribution is 7.87. The summed E-state index contributed by atoms with van der Waals surface area (Å²) in [6.07, 6.45) is 3.94. The molecular weight excluding hydrogens is 274 g/mol. The molecule has 0 aromatic carbocycles. The summed E-state index contributed by atoms with van der Waals surface area (Å²) < 4.78 is 27.9. The maximum Gasteiger partial charge on any atom is 0.279 e. The van der Waals surface area contributed by atoms with Crippen LogP contribution in [0.2, 0.25) is 0 Å². The molecule has 0 spiro atoms. The van der Waals surface area contributed by atoms with E-state index in [1.165, 1.54) is 0 Å². The zero-order valence-corrected chi connectivity index (χ0v) is 12.9. The van der Waals surface area contributed by atoms with Crippen molar-refractivity contribution in [3.8, 4) is 0 Å². The van der Waals surface area contributed by atoms with E-state index < -0.39 is 10.2 Å². The van der Waals surface area contributed by atoms with Gasteiger partial charge in [0.1, 0.15) is 0 Å². The zero-order chi connectivity index (χ0) is 12.7. The normalized spacial score (nSPS) is 18.6. The molecule has 1 aliphatic rings.